The summed E-state index contributed by atoms with van der Waals surface area (Å²) in [6, 6.07) is 0. The van der Waals surface area contributed by atoms with E-state index in [2.05, 4.69) is 36.5 Å². The molecule has 0 fully saturated rings. The topological polar surface area (TPSA) is 24.9 Å². The molecule has 0 saturated heterocycles. The van der Waals surface area contributed by atoms with Crippen LogP contribution in [0.5, 0.6) is 0 Å². The third-order valence-electron chi connectivity index (χ3n) is 2.28. The maximum atomic E-state index is 4.60. The van der Waals surface area contributed by atoms with Gasteiger partial charge in [0.05, 0.1) is 16.2 Å². The van der Waals surface area contributed by atoms with E-state index in [9.17, 15) is 0 Å². The fourth-order valence-corrected chi connectivity index (χ4v) is 2.12. The Kier molecular flexibility index (Phi) is 3.45. The minimum Gasteiger partial charge on any atom is -0.310 e. The van der Waals surface area contributed by atoms with E-state index in [1.165, 1.54) is 11.4 Å². The number of thiazole rings is 1. The van der Waals surface area contributed by atoms with Crippen molar-refractivity contribution >= 4 is 11.3 Å². The Morgan fingerprint density at radius 1 is 1.54 bits per heavy atom. The largest absolute Gasteiger partial charge is 0.310 e. The molecule has 1 aromatic heterocycles. The summed E-state index contributed by atoms with van der Waals surface area (Å²) < 4.78 is 0. The van der Waals surface area contributed by atoms with Crippen LogP contribution >= 0.6 is 11.3 Å². The third kappa shape index (κ3) is 2.51. The van der Waals surface area contributed by atoms with Crippen molar-refractivity contribution in [1.82, 2.24) is 10.3 Å². The highest BCUT2D eigenvalue weighted by Crippen LogP contribution is 2.22. The Bertz CT molecular complexity index is 266. The molecular formula is C10H18N2S. The normalized spacial score (nSPS) is 12.0. The van der Waals surface area contributed by atoms with Crippen LogP contribution in [0.3, 0.4) is 0 Å². The molecule has 3 heteroatoms. The van der Waals surface area contributed by atoms with Gasteiger partial charge in [0.2, 0.25) is 0 Å². The molecule has 0 spiro atoms. The molecule has 0 unspecified atom stereocenters. The van der Waals surface area contributed by atoms with Gasteiger partial charge < -0.3 is 5.32 Å². The maximum absolute atomic E-state index is 4.60. The van der Waals surface area contributed by atoms with Crippen LogP contribution in [0.2, 0.25) is 0 Å². The van der Waals surface area contributed by atoms with Crippen molar-refractivity contribution in [3.05, 3.63) is 16.1 Å². The highest BCUT2D eigenvalue weighted by molar-refractivity contribution is 7.09. The van der Waals surface area contributed by atoms with Crippen molar-refractivity contribution in [2.75, 3.05) is 7.05 Å². The lowest BCUT2D eigenvalue weighted by atomic mass is 10.0. The van der Waals surface area contributed by atoms with Gasteiger partial charge in [-0.05, 0) is 33.7 Å². The van der Waals surface area contributed by atoms with Gasteiger partial charge in [-0.15, -0.1) is 11.3 Å². The van der Waals surface area contributed by atoms with Crippen molar-refractivity contribution in [2.45, 2.75) is 39.2 Å². The molecule has 1 heterocycles. The maximum Gasteiger partial charge on any atom is 0.0929 e. The predicted octanol–water partition coefficient (Wildman–Crippen LogP) is 2.55. The number of nitrogens with zero attached hydrogens (tertiary/aromatic N) is 1. The third-order valence-corrected chi connectivity index (χ3v) is 3.19. The Hall–Kier alpha value is -0.410. The number of rotatable bonds is 4. The average Bonchev–Trinajstić information content (AvgIpc) is 2.54. The van der Waals surface area contributed by atoms with Crippen LogP contribution < -0.4 is 5.32 Å². The number of hydrogen-bond acceptors (Lipinski definition) is 3. The molecule has 0 saturated carbocycles. The van der Waals surface area contributed by atoms with Crippen LogP contribution in [0.4, 0.5) is 0 Å². The summed E-state index contributed by atoms with van der Waals surface area (Å²) >= 11 is 1.77. The van der Waals surface area contributed by atoms with E-state index < -0.39 is 0 Å². The van der Waals surface area contributed by atoms with Gasteiger partial charge in [0, 0.05) is 5.38 Å². The molecule has 0 aromatic carbocycles. The number of aromatic nitrogens is 1. The van der Waals surface area contributed by atoms with Crippen LogP contribution in [0.25, 0.3) is 0 Å². The lowest BCUT2D eigenvalue weighted by Gasteiger charge is -2.21. The monoisotopic (exact) mass is 198 g/mol. The van der Waals surface area contributed by atoms with Gasteiger partial charge in [0.15, 0.2) is 0 Å². The van der Waals surface area contributed by atoms with E-state index >= 15 is 0 Å². The number of aryl methyl sites for hydroxylation is 1. The molecule has 0 radical (unpaired) electrons. The molecule has 0 amide bonds. The second kappa shape index (κ2) is 4.20. The van der Waals surface area contributed by atoms with E-state index in [1.807, 2.05) is 7.05 Å². The molecule has 0 atom stereocenters. The highest BCUT2D eigenvalue weighted by Gasteiger charge is 2.20. The lowest BCUT2D eigenvalue weighted by Crippen LogP contribution is -2.33. The molecular weight excluding hydrogens is 180 g/mol. The minimum atomic E-state index is 0.00247. The van der Waals surface area contributed by atoms with Crippen LogP contribution in [0.15, 0.2) is 5.38 Å². The number of hydrogen-bond donors (Lipinski definition) is 1. The molecule has 13 heavy (non-hydrogen) atoms. The van der Waals surface area contributed by atoms with E-state index in [1.54, 1.807) is 11.3 Å². The highest BCUT2D eigenvalue weighted by atomic mass is 32.1. The zero-order chi connectivity index (χ0) is 9.90. The summed E-state index contributed by atoms with van der Waals surface area (Å²) in [6.45, 7) is 6.49. The van der Waals surface area contributed by atoms with Crippen molar-refractivity contribution in [2.24, 2.45) is 0 Å². The molecule has 2 nitrogen and oxygen atoms in total. The molecule has 0 bridgehead atoms. The van der Waals surface area contributed by atoms with Crippen molar-refractivity contribution in [1.29, 1.82) is 0 Å². The van der Waals surface area contributed by atoms with E-state index in [0.29, 0.717) is 0 Å². The van der Waals surface area contributed by atoms with Crippen LogP contribution in [0.1, 0.15) is 37.9 Å². The van der Waals surface area contributed by atoms with Gasteiger partial charge in [0.1, 0.15) is 0 Å². The van der Waals surface area contributed by atoms with Gasteiger partial charge in [-0.2, -0.15) is 0 Å². The Morgan fingerprint density at radius 2 is 2.23 bits per heavy atom. The van der Waals surface area contributed by atoms with Crippen molar-refractivity contribution in [3.8, 4) is 0 Å². The zero-order valence-electron chi connectivity index (χ0n) is 8.85. The quantitative estimate of drug-likeness (QED) is 0.804. The first-order chi connectivity index (χ1) is 6.10. The van der Waals surface area contributed by atoms with E-state index in [-0.39, 0.29) is 5.54 Å². The standard InChI is InChI=1S/C10H18N2S/c1-5-6-9-12-8(7-13-9)10(2,3)11-4/h7,11H,5-6H2,1-4H3. The average molecular weight is 198 g/mol. The lowest BCUT2D eigenvalue weighted by molar-refractivity contribution is 0.433. The summed E-state index contributed by atoms with van der Waals surface area (Å²) in [5.41, 5.74) is 1.16. The van der Waals surface area contributed by atoms with Gasteiger partial charge in [0.25, 0.3) is 0 Å². The molecule has 1 N–H and O–H groups in total. The molecule has 0 aliphatic heterocycles. The molecule has 0 aliphatic carbocycles. The molecule has 0 aliphatic rings. The smallest absolute Gasteiger partial charge is 0.0929 e. The van der Waals surface area contributed by atoms with Crippen LogP contribution in [-0.2, 0) is 12.0 Å². The Labute approximate surface area is 84.4 Å². The second-order valence-corrected chi connectivity index (χ2v) is 4.69. The Balaban J connectivity index is 2.79. The molecule has 1 rings (SSSR count). The predicted molar refractivity (Wildman–Crippen MR) is 58.2 cm³/mol. The van der Waals surface area contributed by atoms with E-state index in [4.69, 9.17) is 0 Å². The fourth-order valence-electron chi connectivity index (χ4n) is 1.05. The van der Waals surface area contributed by atoms with Gasteiger partial charge >= 0.3 is 0 Å². The Morgan fingerprint density at radius 3 is 2.77 bits per heavy atom. The summed E-state index contributed by atoms with van der Waals surface area (Å²) in [5.74, 6) is 0. The first kappa shape index (κ1) is 10.7. The summed E-state index contributed by atoms with van der Waals surface area (Å²) in [5, 5.41) is 6.66. The van der Waals surface area contributed by atoms with E-state index in [0.717, 1.165) is 12.1 Å². The first-order valence-corrected chi connectivity index (χ1v) is 5.62. The zero-order valence-corrected chi connectivity index (χ0v) is 9.66. The summed E-state index contributed by atoms with van der Waals surface area (Å²) in [6.07, 6.45) is 2.28. The first-order valence-electron chi connectivity index (χ1n) is 4.74. The molecule has 74 valence electrons. The van der Waals surface area contributed by atoms with Gasteiger partial charge in [-0.25, -0.2) is 4.98 Å². The van der Waals surface area contributed by atoms with Crippen LogP contribution in [-0.4, -0.2) is 12.0 Å². The van der Waals surface area contributed by atoms with Gasteiger partial charge in [-0.3, -0.25) is 0 Å². The fraction of sp³-hybridized carbons (Fsp3) is 0.700. The summed E-state index contributed by atoms with van der Waals surface area (Å²) in [4.78, 5) is 4.60. The second-order valence-electron chi connectivity index (χ2n) is 3.75. The van der Waals surface area contributed by atoms with Crippen molar-refractivity contribution in [3.63, 3.8) is 0 Å². The SMILES string of the molecule is CCCc1nc(C(C)(C)NC)cs1. The number of nitrogens with one attached hydrogen (secondary N) is 1. The summed E-state index contributed by atoms with van der Waals surface area (Å²) in [7, 11) is 1.97. The molecule has 1 aromatic rings. The van der Waals surface area contributed by atoms with Crippen LogP contribution in [0, 0.1) is 0 Å². The minimum absolute atomic E-state index is 0.00247. The van der Waals surface area contributed by atoms with Gasteiger partial charge in [-0.1, -0.05) is 6.92 Å². The van der Waals surface area contributed by atoms with Crippen molar-refractivity contribution < 1.29 is 0 Å².